The minimum Gasteiger partial charge on any atom is -0.493 e. The molecule has 2 saturated heterocycles. The fourth-order valence-corrected chi connectivity index (χ4v) is 7.10. The van der Waals surface area contributed by atoms with Crippen molar-refractivity contribution in [1.82, 2.24) is 9.80 Å². The lowest BCUT2D eigenvalue weighted by molar-refractivity contribution is 0.0357. The van der Waals surface area contributed by atoms with Crippen LogP contribution in [0.15, 0.2) is 72.8 Å². The highest BCUT2D eigenvalue weighted by Crippen LogP contribution is 2.32. The first kappa shape index (κ1) is 39.5. The smallest absolute Gasteiger partial charge is 0.145 e. The van der Waals surface area contributed by atoms with Gasteiger partial charge in [-0.2, -0.15) is 10.5 Å². The first-order valence-corrected chi connectivity index (χ1v) is 18.9. The van der Waals surface area contributed by atoms with Gasteiger partial charge in [-0.25, -0.2) is 0 Å². The molecule has 2 aliphatic heterocycles. The Kier molecular flexibility index (Phi) is 15.3. The molecule has 0 N–H and O–H groups in total. The summed E-state index contributed by atoms with van der Waals surface area (Å²) in [5.74, 6) is 2.46. The molecule has 0 unspecified atom stereocenters. The molecule has 4 aromatic rings. The van der Waals surface area contributed by atoms with E-state index in [1.807, 2.05) is 42.5 Å². The van der Waals surface area contributed by atoms with Gasteiger partial charge >= 0.3 is 0 Å². The largest absolute Gasteiger partial charge is 0.493 e. The van der Waals surface area contributed by atoms with Crippen LogP contribution in [-0.2, 0) is 22.3 Å². The number of aryl methyl sites for hydroxylation is 4. The number of hydrogen-bond donors (Lipinski definition) is 0. The molecule has 0 aliphatic carbocycles. The maximum Gasteiger partial charge on any atom is 0.145 e. The number of nitrogens with zero attached hydrogens (tertiary/aromatic N) is 4. The van der Waals surface area contributed by atoms with Crippen molar-refractivity contribution in [2.24, 2.45) is 0 Å². The van der Waals surface area contributed by atoms with Crippen molar-refractivity contribution < 1.29 is 18.9 Å². The van der Waals surface area contributed by atoms with Gasteiger partial charge in [0.05, 0.1) is 50.2 Å². The van der Waals surface area contributed by atoms with Crippen LogP contribution in [0, 0.1) is 50.4 Å². The van der Waals surface area contributed by atoms with Crippen LogP contribution < -0.4 is 9.47 Å². The molecular weight excluding hydrogens is 661 g/mol. The quantitative estimate of drug-likeness (QED) is 0.128. The summed E-state index contributed by atoms with van der Waals surface area (Å²) in [6, 6.07) is 28.3. The third-order valence-electron chi connectivity index (χ3n) is 9.79. The Morgan fingerprint density at radius 3 is 1.91 bits per heavy atom. The van der Waals surface area contributed by atoms with Gasteiger partial charge in [0.1, 0.15) is 23.3 Å². The molecule has 2 aliphatic rings. The number of para-hydroxylation sites is 1. The molecule has 8 nitrogen and oxygen atoms in total. The van der Waals surface area contributed by atoms with E-state index in [9.17, 15) is 10.5 Å². The minimum absolute atomic E-state index is 0.561. The number of hydrogen-bond acceptors (Lipinski definition) is 8. The van der Waals surface area contributed by atoms with Crippen LogP contribution in [0.5, 0.6) is 17.2 Å². The van der Waals surface area contributed by atoms with E-state index in [1.54, 1.807) is 6.07 Å². The number of rotatable bonds is 13. The highest BCUT2D eigenvalue weighted by atomic mass is 16.5. The SMILES string of the molecule is Cc1cc(C)c(CCCN2CCOCC2)c(Oc2ccccc2C#N)c1.Cc1cc(C)c(OCCCN2CCOCC2)c(Cc2ccccc2C#N)c1. The normalized spacial score (nSPS) is 14.8. The van der Waals surface area contributed by atoms with Crippen LogP contribution >= 0.6 is 0 Å². The summed E-state index contributed by atoms with van der Waals surface area (Å²) in [5, 5.41) is 18.7. The lowest BCUT2D eigenvalue weighted by Crippen LogP contribution is -2.37. The summed E-state index contributed by atoms with van der Waals surface area (Å²) in [6.07, 6.45) is 3.76. The van der Waals surface area contributed by atoms with E-state index in [4.69, 9.17) is 18.9 Å². The van der Waals surface area contributed by atoms with Crippen LogP contribution in [-0.4, -0.2) is 82.1 Å². The number of benzene rings is 4. The monoisotopic (exact) mass is 714 g/mol. The molecule has 0 bridgehead atoms. The van der Waals surface area contributed by atoms with Gasteiger partial charge in [-0.15, -0.1) is 0 Å². The highest BCUT2D eigenvalue weighted by Gasteiger charge is 2.16. The molecule has 53 heavy (non-hydrogen) atoms. The molecule has 0 amide bonds. The molecule has 6 rings (SSSR count). The number of ether oxygens (including phenoxy) is 4. The fourth-order valence-electron chi connectivity index (χ4n) is 7.10. The summed E-state index contributed by atoms with van der Waals surface area (Å²) in [7, 11) is 0. The summed E-state index contributed by atoms with van der Waals surface area (Å²) >= 11 is 0. The standard InChI is InChI=1S/C23H28N2O2.C22H26N2O2/c1-18-14-19(2)23(27-11-5-8-25-9-12-26-13-10-25)22(15-18)16-20-6-3-4-7-21(20)17-24;1-17-14-18(2)20(7-5-9-24-10-12-25-13-11-24)22(15-17)26-21-8-4-3-6-19(21)16-23/h3-4,6-7,14-15H,5,8-13,16H2,1-2H3;3-4,6,8,14-15H,5,7,9-13H2,1-2H3. The van der Waals surface area contributed by atoms with E-state index in [0.29, 0.717) is 24.3 Å². The third-order valence-corrected chi connectivity index (χ3v) is 9.79. The highest BCUT2D eigenvalue weighted by molar-refractivity contribution is 5.50. The molecule has 0 aromatic heterocycles. The van der Waals surface area contributed by atoms with E-state index in [1.165, 1.54) is 22.3 Å². The molecule has 0 spiro atoms. The lowest BCUT2D eigenvalue weighted by Gasteiger charge is -2.26. The minimum atomic E-state index is 0.561. The topological polar surface area (TPSA) is 91.0 Å². The van der Waals surface area contributed by atoms with E-state index in [0.717, 1.165) is 119 Å². The Labute approximate surface area is 316 Å². The zero-order valence-corrected chi connectivity index (χ0v) is 32.0. The molecular formula is C45H54N4O4. The summed E-state index contributed by atoms with van der Waals surface area (Å²) in [5.41, 5.74) is 9.52. The van der Waals surface area contributed by atoms with E-state index < -0.39 is 0 Å². The zero-order valence-electron chi connectivity index (χ0n) is 32.0. The van der Waals surface area contributed by atoms with Gasteiger partial charge in [0.15, 0.2) is 0 Å². The molecule has 278 valence electrons. The lowest BCUT2D eigenvalue weighted by atomic mass is 9.96. The summed E-state index contributed by atoms with van der Waals surface area (Å²) in [6.45, 7) is 18.6. The Hall–Kier alpha value is -4.70. The van der Waals surface area contributed by atoms with Crippen LogP contribution in [0.4, 0.5) is 0 Å². The van der Waals surface area contributed by atoms with Gasteiger partial charge in [-0.05, 0) is 111 Å². The molecule has 0 atom stereocenters. The predicted octanol–water partition coefficient (Wildman–Crippen LogP) is 8.10. The van der Waals surface area contributed by atoms with Crippen molar-refractivity contribution >= 4 is 0 Å². The van der Waals surface area contributed by atoms with Crippen LogP contribution in [0.3, 0.4) is 0 Å². The Morgan fingerprint density at radius 2 is 1.23 bits per heavy atom. The summed E-state index contributed by atoms with van der Waals surface area (Å²) < 4.78 is 23.2. The second kappa shape index (κ2) is 20.5. The van der Waals surface area contributed by atoms with Gasteiger partial charge in [0.2, 0.25) is 0 Å². The van der Waals surface area contributed by atoms with Crippen molar-refractivity contribution in [1.29, 1.82) is 10.5 Å². The van der Waals surface area contributed by atoms with Crippen molar-refractivity contribution in [2.75, 3.05) is 72.3 Å². The predicted molar refractivity (Wildman–Crippen MR) is 210 cm³/mol. The van der Waals surface area contributed by atoms with Crippen LogP contribution in [0.2, 0.25) is 0 Å². The van der Waals surface area contributed by atoms with Gasteiger partial charge < -0.3 is 18.9 Å². The van der Waals surface area contributed by atoms with Crippen molar-refractivity contribution in [3.63, 3.8) is 0 Å². The van der Waals surface area contributed by atoms with Gasteiger partial charge in [0.25, 0.3) is 0 Å². The molecule has 0 radical (unpaired) electrons. The number of nitriles is 2. The van der Waals surface area contributed by atoms with Crippen molar-refractivity contribution in [3.8, 4) is 29.4 Å². The first-order valence-electron chi connectivity index (χ1n) is 18.9. The van der Waals surface area contributed by atoms with E-state index >= 15 is 0 Å². The maximum absolute atomic E-state index is 9.38. The van der Waals surface area contributed by atoms with Gasteiger partial charge in [0, 0.05) is 39.1 Å². The second-order valence-corrected chi connectivity index (χ2v) is 14.0. The Bertz CT molecular complexity index is 1870. The molecule has 4 aromatic carbocycles. The van der Waals surface area contributed by atoms with Gasteiger partial charge in [-0.3, -0.25) is 9.80 Å². The van der Waals surface area contributed by atoms with Gasteiger partial charge in [-0.1, -0.05) is 54.1 Å². The Morgan fingerprint density at radius 1 is 0.642 bits per heavy atom. The van der Waals surface area contributed by atoms with E-state index in [-0.39, 0.29) is 0 Å². The number of morpholine rings is 2. The first-order chi connectivity index (χ1) is 25.8. The second-order valence-electron chi connectivity index (χ2n) is 14.0. The molecule has 2 heterocycles. The zero-order chi connectivity index (χ0) is 37.4. The van der Waals surface area contributed by atoms with E-state index in [2.05, 4.69) is 73.9 Å². The third kappa shape index (κ3) is 11.9. The molecule has 0 saturated carbocycles. The Balaban J connectivity index is 0.000000204. The molecule has 8 heteroatoms. The average molecular weight is 715 g/mol. The molecule has 2 fully saturated rings. The fraction of sp³-hybridized carbons (Fsp3) is 0.422. The van der Waals surface area contributed by atoms with Crippen LogP contribution in [0.1, 0.15) is 62.9 Å². The average Bonchev–Trinajstić information content (AvgIpc) is 3.16. The van der Waals surface area contributed by atoms with Crippen molar-refractivity contribution in [3.05, 3.63) is 123 Å². The maximum atomic E-state index is 9.38. The van der Waals surface area contributed by atoms with Crippen LogP contribution in [0.25, 0.3) is 0 Å². The van der Waals surface area contributed by atoms with Crippen molar-refractivity contribution in [2.45, 2.75) is 53.4 Å². The summed E-state index contributed by atoms with van der Waals surface area (Å²) in [4.78, 5) is 4.89.